The first-order chi connectivity index (χ1) is 8.67. The van der Waals surface area contributed by atoms with E-state index in [1.165, 1.54) is 0 Å². The van der Waals surface area contributed by atoms with Gasteiger partial charge in [-0.05, 0) is 43.4 Å². The van der Waals surface area contributed by atoms with Gasteiger partial charge in [-0.3, -0.25) is 0 Å². The molecule has 2 N–H and O–H groups in total. The first-order valence-corrected chi connectivity index (χ1v) is 6.52. The number of ether oxygens (including phenoxy) is 2. The Labute approximate surface area is 106 Å². The lowest BCUT2D eigenvalue weighted by Gasteiger charge is -2.33. The number of rotatable bonds is 1. The van der Waals surface area contributed by atoms with Crippen molar-refractivity contribution in [3.63, 3.8) is 0 Å². The van der Waals surface area contributed by atoms with Gasteiger partial charge in [0.25, 0.3) is 0 Å². The van der Waals surface area contributed by atoms with Gasteiger partial charge in [-0.1, -0.05) is 6.07 Å². The van der Waals surface area contributed by atoms with Crippen LogP contribution in [-0.2, 0) is 5.67 Å². The van der Waals surface area contributed by atoms with Gasteiger partial charge in [0.2, 0.25) is 0 Å². The van der Waals surface area contributed by atoms with Crippen molar-refractivity contribution in [2.24, 2.45) is 5.73 Å². The predicted octanol–water partition coefficient (Wildman–Crippen LogP) is 2.52. The third-order valence-corrected chi connectivity index (χ3v) is 3.88. The molecule has 0 amide bonds. The van der Waals surface area contributed by atoms with Crippen LogP contribution in [0.4, 0.5) is 4.39 Å². The Hall–Kier alpha value is -1.29. The molecule has 0 saturated heterocycles. The number of fused-ring (bicyclic) bond motifs is 1. The molecule has 18 heavy (non-hydrogen) atoms. The molecule has 1 aromatic carbocycles. The Morgan fingerprint density at radius 3 is 2.50 bits per heavy atom. The lowest BCUT2D eigenvalue weighted by molar-refractivity contribution is 0.0966. The van der Waals surface area contributed by atoms with Crippen LogP contribution < -0.4 is 15.2 Å². The van der Waals surface area contributed by atoms with Crippen molar-refractivity contribution in [1.82, 2.24) is 0 Å². The van der Waals surface area contributed by atoms with Crippen LogP contribution in [-0.4, -0.2) is 19.3 Å². The van der Waals surface area contributed by atoms with Crippen LogP contribution in [0.3, 0.4) is 0 Å². The summed E-state index contributed by atoms with van der Waals surface area (Å²) in [4.78, 5) is 0. The lowest BCUT2D eigenvalue weighted by atomic mass is 9.79. The second-order valence-corrected chi connectivity index (χ2v) is 5.16. The highest BCUT2D eigenvalue weighted by atomic mass is 19.1. The zero-order valence-electron chi connectivity index (χ0n) is 10.3. The topological polar surface area (TPSA) is 44.5 Å². The molecule has 2 aliphatic rings. The smallest absolute Gasteiger partial charge is 0.161 e. The summed E-state index contributed by atoms with van der Waals surface area (Å²) in [5.41, 5.74) is 5.27. The number of hydrogen-bond donors (Lipinski definition) is 1. The van der Waals surface area contributed by atoms with Crippen molar-refractivity contribution in [3.05, 3.63) is 23.8 Å². The molecule has 3 rings (SSSR count). The Kier molecular flexibility index (Phi) is 2.90. The molecule has 1 saturated carbocycles. The van der Waals surface area contributed by atoms with E-state index >= 15 is 0 Å². The van der Waals surface area contributed by atoms with E-state index in [2.05, 4.69) is 0 Å². The van der Waals surface area contributed by atoms with Gasteiger partial charge in [0.1, 0.15) is 18.9 Å². The van der Waals surface area contributed by atoms with Gasteiger partial charge >= 0.3 is 0 Å². The quantitative estimate of drug-likeness (QED) is 0.834. The zero-order chi connectivity index (χ0) is 12.6. The molecular weight excluding hydrogens is 233 g/mol. The van der Waals surface area contributed by atoms with Crippen molar-refractivity contribution in [3.8, 4) is 11.5 Å². The second-order valence-electron chi connectivity index (χ2n) is 5.16. The maximum Gasteiger partial charge on any atom is 0.161 e. The van der Waals surface area contributed by atoms with Crippen LogP contribution in [0.5, 0.6) is 11.5 Å². The van der Waals surface area contributed by atoms with Gasteiger partial charge in [0.05, 0.1) is 0 Å². The third-order valence-electron chi connectivity index (χ3n) is 3.88. The summed E-state index contributed by atoms with van der Waals surface area (Å²) in [7, 11) is 0. The monoisotopic (exact) mass is 251 g/mol. The Morgan fingerprint density at radius 1 is 1.11 bits per heavy atom. The number of benzene rings is 1. The summed E-state index contributed by atoms with van der Waals surface area (Å²) in [6, 6.07) is 5.54. The number of halogens is 1. The van der Waals surface area contributed by atoms with E-state index in [-0.39, 0.29) is 6.04 Å². The van der Waals surface area contributed by atoms with Crippen molar-refractivity contribution < 1.29 is 13.9 Å². The molecule has 1 aliphatic heterocycles. The van der Waals surface area contributed by atoms with E-state index in [1.807, 2.05) is 6.07 Å². The molecule has 3 nitrogen and oxygen atoms in total. The number of nitrogens with two attached hydrogens (primary N) is 1. The fourth-order valence-electron chi connectivity index (χ4n) is 2.71. The van der Waals surface area contributed by atoms with E-state index < -0.39 is 5.67 Å². The van der Waals surface area contributed by atoms with Gasteiger partial charge in [-0.15, -0.1) is 0 Å². The van der Waals surface area contributed by atoms with Crippen molar-refractivity contribution in [2.75, 3.05) is 13.2 Å². The highest BCUT2D eigenvalue weighted by molar-refractivity contribution is 5.45. The van der Waals surface area contributed by atoms with Gasteiger partial charge in [0, 0.05) is 6.04 Å². The summed E-state index contributed by atoms with van der Waals surface area (Å²) in [6.07, 6.45) is 2.47. The summed E-state index contributed by atoms with van der Waals surface area (Å²) >= 11 is 0. The zero-order valence-corrected chi connectivity index (χ0v) is 10.3. The molecule has 0 spiro atoms. The molecule has 1 fully saturated rings. The molecule has 4 heteroatoms. The largest absolute Gasteiger partial charge is 0.486 e. The van der Waals surface area contributed by atoms with Crippen molar-refractivity contribution in [2.45, 2.75) is 37.4 Å². The molecule has 1 aliphatic carbocycles. The molecule has 1 heterocycles. The van der Waals surface area contributed by atoms with Gasteiger partial charge < -0.3 is 15.2 Å². The molecule has 0 atom stereocenters. The molecular formula is C14H18FNO2. The fourth-order valence-corrected chi connectivity index (χ4v) is 2.71. The molecule has 0 aromatic heterocycles. The van der Waals surface area contributed by atoms with Crippen LogP contribution >= 0.6 is 0 Å². The average Bonchev–Trinajstić information content (AvgIpc) is 2.42. The molecule has 0 radical (unpaired) electrons. The van der Waals surface area contributed by atoms with Gasteiger partial charge in [-0.25, -0.2) is 4.39 Å². The fraction of sp³-hybridized carbons (Fsp3) is 0.571. The highest BCUT2D eigenvalue weighted by Gasteiger charge is 2.36. The predicted molar refractivity (Wildman–Crippen MR) is 66.7 cm³/mol. The summed E-state index contributed by atoms with van der Waals surface area (Å²) in [5.74, 6) is 1.37. The minimum atomic E-state index is -1.26. The van der Waals surface area contributed by atoms with Crippen LogP contribution in [0.1, 0.15) is 31.2 Å². The molecule has 98 valence electrons. The lowest BCUT2D eigenvalue weighted by Crippen LogP contribution is -2.34. The minimum absolute atomic E-state index is 0.145. The minimum Gasteiger partial charge on any atom is -0.486 e. The van der Waals surface area contributed by atoms with Crippen LogP contribution in [0, 0.1) is 0 Å². The third kappa shape index (κ3) is 2.05. The van der Waals surface area contributed by atoms with E-state index in [0.29, 0.717) is 43.1 Å². The number of alkyl halides is 1. The first-order valence-electron chi connectivity index (χ1n) is 6.52. The molecule has 1 aromatic rings. The summed E-state index contributed by atoms with van der Waals surface area (Å²) < 4.78 is 25.8. The molecule has 0 bridgehead atoms. The Bertz CT molecular complexity index is 441. The van der Waals surface area contributed by atoms with Crippen LogP contribution in [0.2, 0.25) is 0 Å². The highest BCUT2D eigenvalue weighted by Crippen LogP contribution is 2.43. The second kappa shape index (κ2) is 4.43. The summed E-state index contributed by atoms with van der Waals surface area (Å²) in [6.45, 7) is 1.09. The van der Waals surface area contributed by atoms with Crippen molar-refractivity contribution in [1.29, 1.82) is 0 Å². The van der Waals surface area contributed by atoms with Gasteiger partial charge in [0.15, 0.2) is 11.5 Å². The van der Waals surface area contributed by atoms with E-state index in [0.717, 1.165) is 12.8 Å². The van der Waals surface area contributed by atoms with E-state index in [9.17, 15) is 4.39 Å². The Balaban J connectivity index is 1.87. The SMILES string of the molecule is NC1CCC(F)(c2ccc3c(c2)OCCO3)CC1. The normalized spacial score (nSPS) is 31.1. The van der Waals surface area contributed by atoms with Crippen LogP contribution in [0.15, 0.2) is 18.2 Å². The van der Waals surface area contributed by atoms with E-state index in [1.54, 1.807) is 12.1 Å². The van der Waals surface area contributed by atoms with Crippen molar-refractivity contribution >= 4 is 0 Å². The Morgan fingerprint density at radius 2 is 1.78 bits per heavy atom. The standard InChI is InChI=1S/C14H18FNO2/c15-14(5-3-11(16)4-6-14)10-1-2-12-13(9-10)18-8-7-17-12/h1-2,9,11H,3-8,16H2. The molecule has 0 unspecified atom stereocenters. The van der Waals surface area contributed by atoms with Gasteiger partial charge in [-0.2, -0.15) is 0 Å². The first kappa shape index (κ1) is 11.8. The maximum absolute atomic E-state index is 14.9. The maximum atomic E-state index is 14.9. The number of hydrogen-bond acceptors (Lipinski definition) is 3. The summed E-state index contributed by atoms with van der Waals surface area (Å²) in [5, 5.41) is 0. The van der Waals surface area contributed by atoms with Crippen LogP contribution in [0.25, 0.3) is 0 Å². The average molecular weight is 251 g/mol. The van der Waals surface area contributed by atoms with E-state index in [4.69, 9.17) is 15.2 Å².